The van der Waals surface area contributed by atoms with Crippen molar-refractivity contribution in [1.82, 2.24) is 9.80 Å². The van der Waals surface area contributed by atoms with Crippen molar-refractivity contribution in [3.8, 4) is 5.75 Å². The number of nitrogens with two attached hydrogens (primary N) is 1. The molecule has 1 aromatic carbocycles. The molecule has 110 valence electrons. The number of amides is 1. The van der Waals surface area contributed by atoms with Gasteiger partial charge < -0.3 is 20.3 Å². The van der Waals surface area contributed by atoms with Gasteiger partial charge >= 0.3 is 0 Å². The Morgan fingerprint density at radius 2 is 1.90 bits per heavy atom. The Labute approximate surface area is 120 Å². The lowest BCUT2D eigenvalue weighted by Gasteiger charge is -2.32. The summed E-state index contributed by atoms with van der Waals surface area (Å²) in [4.78, 5) is 16.2. The first-order valence-electron chi connectivity index (χ1n) is 6.93. The maximum atomic E-state index is 12.1. The van der Waals surface area contributed by atoms with Gasteiger partial charge in [0.25, 0.3) is 5.91 Å². The largest absolute Gasteiger partial charge is 0.481 e. The Hall–Kier alpha value is -1.75. The van der Waals surface area contributed by atoms with E-state index in [1.54, 1.807) is 0 Å². The number of likely N-dealkylation sites (N-methyl/N-ethyl adjacent to an activating group) is 1. The summed E-state index contributed by atoms with van der Waals surface area (Å²) in [6, 6.07) is 3.87. The molecule has 0 unspecified atom stereocenters. The van der Waals surface area contributed by atoms with E-state index in [-0.39, 0.29) is 12.5 Å². The minimum absolute atomic E-state index is 0.0254. The second-order valence-corrected chi connectivity index (χ2v) is 5.47. The van der Waals surface area contributed by atoms with Crippen LogP contribution in [0, 0.1) is 13.8 Å². The van der Waals surface area contributed by atoms with Crippen LogP contribution in [-0.4, -0.2) is 55.5 Å². The fourth-order valence-electron chi connectivity index (χ4n) is 2.47. The third-order valence-corrected chi connectivity index (χ3v) is 3.64. The molecular formula is C15H23N3O2. The molecule has 5 nitrogen and oxygen atoms in total. The van der Waals surface area contributed by atoms with Crippen LogP contribution >= 0.6 is 0 Å². The summed E-state index contributed by atoms with van der Waals surface area (Å²) < 4.78 is 5.63. The molecule has 1 amide bonds. The standard InChI is InChI=1S/C15H23N3O2/c1-11-8-12(2)15(13(16)9-11)20-10-14(19)18-6-4-17(3)5-7-18/h8-9H,4-7,10,16H2,1-3H3. The molecule has 1 fully saturated rings. The van der Waals surface area contributed by atoms with Crippen LogP contribution in [-0.2, 0) is 4.79 Å². The number of anilines is 1. The van der Waals surface area contributed by atoms with Crippen molar-refractivity contribution in [2.75, 3.05) is 45.6 Å². The van der Waals surface area contributed by atoms with Gasteiger partial charge in [0.2, 0.25) is 0 Å². The molecule has 1 saturated heterocycles. The lowest BCUT2D eigenvalue weighted by Crippen LogP contribution is -2.48. The highest BCUT2D eigenvalue weighted by Gasteiger charge is 2.19. The van der Waals surface area contributed by atoms with Gasteiger partial charge in [0.15, 0.2) is 6.61 Å². The quantitative estimate of drug-likeness (QED) is 0.839. The number of hydrogen-bond acceptors (Lipinski definition) is 4. The number of benzene rings is 1. The van der Waals surface area contributed by atoms with E-state index in [4.69, 9.17) is 10.5 Å². The van der Waals surface area contributed by atoms with E-state index in [0.29, 0.717) is 11.4 Å². The Morgan fingerprint density at radius 1 is 1.25 bits per heavy atom. The van der Waals surface area contributed by atoms with Crippen LogP contribution in [0.1, 0.15) is 11.1 Å². The molecule has 1 aliphatic heterocycles. The summed E-state index contributed by atoms with van der Waals surface area (Å²) in [5.74, 6) is 0.649. The van der Waals surface area contributed by atoms with E-state index in [0.717, 1.165) is 37.3 Å². The maximum absolute atomic E-state index is 12.1. The van der Waals surface area contributed by atoms with Gasteiger partial charge in [-0.05, 0) is 38.1 Å². The first-order valence-corrected chi connectivity index (χ1v) is 6.93. The number of aryl methyl sites for hydroxylation is 2. The molecule has 0 saturated carbocycles. The predicted octanol–water partition coefficient (Wildman–Crippen LogP) is 1.04. The monoisotopic (exact) mass is 277 g/mol. The minimum Gasteiger partial charge on any atom is -0.481 e. The molecule has 2 rings (SSSR count). The highest BCUT2D eigenvalue weighted by Crippen LogP contribution is 2.27. The van der Waals surface area contributed by atoms with Crippen LogP contribution < -0.4 is 10.5 Å². The molecular weight excluding hydrogens is 254 g/mol. The molecule has 20 heavy (non-hydrogen) atoms. The van der Waals surface area contributed by atoms with E-state index < -0.39 is 0 Å². The van der Waals surface area contributed by atoms with Gasteiger partial charge in [-0.2, -0.15) is 0 Å². The smallest absolute Gasteiger partial charge is 0.260 e. The molecule has 0 atom stereocenters. The molecule has 0 radical (unpaired) electrons. The topological polar surface area (TPSA) is 58.8 Å². The van der Waals surface area contributed by atoms with E-state index >= 15 is 0 Å². The summed E-state index contributed by atoms with van der Waals surface area (Å²) in [6.07, 6.45) is 0. The van der Waals surface area contributed by atoms with Crippen molar-refractivity contribution >= 4 is 11.6 Å². The van der Waals surface area contributed by atoms with Crippen LogP contribution in [0.3, 0.4) is 0 Å². The van der Waals surface area contributed by atoms with Crippen molar-refractivity contribution < 1.29 is 9.53 Å². The number of nitrogens with zero attached hydrogens (tertiary/aromatic N) is 2. The Kier molecular flexibility index (Phi) is 4.49. The molecule has 2 N–H and O–H groups in total. The lowest BCUT2D eigenvalue weighted by molar-refractivity contribution is -0.134. The van der Waals surface area contributed by atoms with Crippen LogP contribution in [0.15, 0.2) is 12.1 Å². The zero-order valence-electron chi connectivity index (χ0n) is 12.5. The lowest BCUT2D eigenvalue weighted by atomic mass is 10.1. The van der Waals surface area contributed by atoms with Crippen molar-refractivity contribution in [2.45, 2.75) is 13.8 Å². The number of piperazine rings is 1. The third kappa shape index (κ3) is 3.42. The summed E-state index contributed by atoms with van der Waals surface area (Å²) in [7, 11) is 2.06. The Bertz CT molecular complexity index is 471. The van der Waals surface area contributed by atoms with Crippen LogP contribution in [0.4, 0.5) is 5.69 Å². The SMILES string of the molecule is Cc1cc(C)c(OCC(=O)N2CCN(C)CC2)c(N)c1. The number of carbonyl (C=O) groups excluding carboxylic acids is 1. The normalized spacial score (nSPS) is 16.2. The fraction of sp³-hybridized carbons (Fsp3) is 0.533. The van der Waals surface area contributed by atoms with Gasteiger partial charge in [0.1, 0.15) is 5.75 Å². The molecule has 0 aromatic heterocycles. The zero-order chi connectivity index (χ0) is 14.7. The summed E-state index contributed by atoms with van der Waals surface area (Å²) >= 11 is 0. The van der Waals surface area contributed by atoms with Gasteiger partial charge in [0, 0.05) is 26.2 Å². The van der Waals surface area contributed by atoms with E-state index in [9.17, 15) is 4.79 Å². The van der Waals surface area contributed by atoms with Gasteiger partial charge in [-0.3, -0.25) is 4.79 Å². The van der Waals surface area contributed by atoms with Gasteiger partial charge in [0.05, 0.1) is 5.69 Å². The van der Waals surface area contributed by atoms with Crippen molar-refractivity contribution in [1.29, 1.82) is 0 Å². The van der Waals surface area contributed by atoms with E-state index in [1.807, 2.05) is 30.9 Å². The van der Waals surface area contributed by atoms with E-state index in [1.165, 1.54) is 0 Å². The van der Waals surface area contributed by atoms with Gasteiger partial charge in [-0.25, -0.2) is 0 Å². The Morgan fingerprint density at radius 3 is 2.50 bits per heavy atom. The highest BCUT2D eigenvalue weighted by molar-refractivity contribution is 5.78. The van der Waals surface area contributed by atoms with Crippen LogP contribution in [0.5, 0.6) is 5.75 Å². The van der Waals surface area contributed by atoms with E-state index in [2.05, 4.69) is 11.9 Å². The molecule has 1 aliphatic rings. The summed E-state index contributed by atoms with van der Waals surface area (Å²) in [5.41, 5.74) is 8.60. The number of rotatable bonds is 3. The minimum atomic E-state index is 0.0254. The summed E-state index contributed by atoms with van der Waals surface area (Å²) in [6.45, 7) is 7.34. The summed E-state index contributed by atoms with van der Waals surface area (Å²) in [5, 5.41) is 0. The molecule has 1 aromatic rings. The highest BCUT2D eigenvalue weighted by atomic mass is 16.5. The zero-order valence-corrected chi connectivity index (χ0v) is 12.5. The molecule has 0 aliphatic carbocycles. The van der Waals surface area contributed by atoms with Gasteiger partial charge in [-0.15, -0.1) is 0 Å². The van der Waals surface area contributed by atoms with Crippen LogP contribution in [0.25, 0.3) is 0 Å². The molecule has 0 bridgehead atoms. The second-order valence-electron chi connectivity index (χ2n) is 5.47. The number of ether oxygens (including phenoxy) is 1. The number of nitrogen functional groups attached to an aromatic ring is 1. The average molecular weight is 277 g/mol. The number of carbonyl (C=O) groups is 1. The fourth-order valence-corrected chi connectivity index (χ4v) is 2.47. The Balaban J connectivity index is 1.94. The molecule has 0 spiro atoms. The maximum Gasteiger partial charge on any atom is 0.260 e. The first kappa shape index (κ1) is 14.7. The average Bonchev–Trinajstić information content (AvgIpc) is 2.38. The van der Waals surface area contributed by atoms with Crippen molar-refractivity contribution in [2.24, 2.45) is 0 Å². The predicted molar refractivity (Wildman–Crippen MR) is 79.9 cm³/mol. The van der Waals surface area contributed by atoms with Crippen LogP contribution in [0.2, 0.25) is 0 Å². The van der Waals surface area contributed by atoms with Crippen molar-refractivity contribution in [3.63, 3.8) is 0 Å². The van der Waals surface area contributed by atoms with Gasteiger partial charge in [-0.1, -0.05) is 6.07 Å². The molecule has 5 heteroatoms. The first-order chi connectivity index (χ1) is 9.47. The molecule has 1 heterocycles. The van der Waals surface area contributed by atoms with Crippen molar-refractivity contribution in [3.05, 3.63) is 23.3 Å². The second kappa shape index (κ2) is 6.13. The number of hydrogen-bond donors (Lipinski definition) is 1. The third-order valence-electron chi connectivity index (χ3n) is 3.64.